The third-order valence-electron chi connectivity index (χ3n) is 7.06. The Labute approximate surface area is 176 Å². The number of rotatable bonds is 4. The summed E-state index contributed by atoms with van der Waals surface area (Å²) >= 11 is 0. The molecule has 2 aromatic rings. The van der Waals surface area contributed by atoms with E-state index < -0.39 is 0 Å². The zero-order valence-corrected chi connectivity index (χ0v) is 17.0. The number of carbonyl (C=O) groups is 2. The zero-order valence-electron chi connectivity index (χ0n) is 17.0. The van der Waals surface area contributed by atoms with Crippen molar-refractivity contribution in [1.29, 1.82) is 0 Å². The van der Waals surface area contributed by atoms with Crippen LogP contribution < -0.4 is 0 Å². The molecule has 30 heavy (non-hydrogen) atoms. The number of fused-ring (bicyclic) bond motifs is 1. The fraction of sp³-hybridized carbons (Fsp3) is 0.458. The fourth-order valence-electron chi connectivity index (χ4n) is 5.53. The maximum atomic E-state index is 12.9. The quantitative estimate of drug-likeness (QED) is 0.848. The first-order valence-corrected chi connectivity index (χ1v) is 10.9. The molecule has 2 saturated heterocycles. The number of hydrogen-bond acceptors (Lipinski definition) is 4. The van der Waals surface area contributed by atoms with Gasteiger partial charge >= 0.3 is 0 Å². The maximum Gasteiger partial charge on any atom is 0.242 e. The summed E-state index contributed by atoms with van der Waals surface area (Å²) in [5.74, 6) is 0.217. The van der Waals surface area contributed by atoms with Gasteiger partial charge in [-0.15, -0.1) is 0 Å². The van der Waals surface area contributed by atoms with Gasteiger partial charge in [0.15, 0.2) is 0 Å². The van der Waals surface area contributed by atoms with E-state index in [0.29, 0.717) is 6.54 Å². The normalized spacial score (nSPS) is 26.4. The number of aromatic nitrogens is 1. The van der Waals surface area contributed by atoms with E-state index in [4.69, 9.17) is 0 Å². The molecule has 6 nitrogen and oxygen atoms in total. The van der Waals surface area contributed by atoms with Crippen molar-refractivity contribution in [2.24, 2.45) is 5.92 Å². The van der Waals surface area contributed by atoms with E-state index in [1.165, 1.54) is 0 Å². The van der Waals surface area contributed by atoms with Gasteiger partial charge in [-0.1, -0.05) is 43.2 Å². The van der Waals surface area contributed by atoms with Crippen LogP contribution in [0.25, 0.3) is 11.1 Å². The lowest BCUT2D eigenvalue weighted by atomic mass is 9.73. The van der Waals surface area contributed by atoms with Gasteiger partial charge in [-0.05, 0) is 35.6 Å². The second-order valence-corrected chi connectivity index (χ2v) is 8.71. The molecule has 1 aliphatic carbocycles. The summed E-state index contributed by atoms with van der Waals surface area (Å²) < 4.78 is 0. The van der Waals surface area contributed by atoms with Crippen LogP contribution in [-0.2, 0) is 9.59 Å². The van der Waals surface area contributed by atoms with Gasteiger partial charge in [0.2, 0.25) is 11.8 Å². The summed E-state index contributed by atoms with van der Waals surface area (Å²) in [6.45, 7) is 0.648. The molecule has 0 bridgehead atoms. The highest BCUT2D eigenvalue weighted by molar-refractivity contribution is 5.88. The molecule has 1 aromatic carbocycles. The predicted molar refractivity (Wildman–Crippen MR) is 112 cm³/mol. The number of hydrogen-bond donors (Lipinski definition) is 1. The van der Waals surface area contributed by atoms with Gasteiger partial charge in [0.1, 0.15) is 0 Å². The van der Waals surface area contributed by atoms with E-state index in [1.54, 1.807) is 16.0 Å². The predicted octanol–water partition coefficient (Wildman–Crippen LogP) is 2.44. The first-order valence-electron chi connectivity index (χ1n) is 10.9. The van der Waals surface area contributed by atoms with Gasteiger partial charge in [0.25, 0.3) is 0 Å². The standard InChI is InChI=1S/C24H27N3O3/c28-15-21-23(17-9-7-16(8-10-17)19-6-3-11-25-12-19)20-13-26(14-22(29)27(20)21)24(30)18-4-1-2-5-18/h3,6-12,18,20-21,23,28H,1-2,4-5,13-15H2/t20-,21-,23+/m0/s1. The number of nitrogens with zero attached hydrogens (tertiary/aromatic N) is 3. The van der Waals surface area contributed by atoms with Crippen LogP contribution in [0.2, 0.25) is 0 Å². The number of piperazine rings is 1. The molecule has 6 heteroatoms. The van der Waals surface area contributed by atoms with Gasteiger partial charge in [-0.25, -0.2) is 0 Å². The number of carbonyl (C=O) groups excluding carboxylic acids is 2. The van der Waals surface area contributed by atoms with Crippen LogP contribution >= 0.6 is 0 Å². The zero-order chi connectivity index (χ0) is 20.7. The van der Waals surface area contributed by atoms with E-state index in [-0.39, 0.29) is 48.9 Å². The van der Waals surface area contributed by atoms with Gasteiger partial charge < -0.3 is 14.9 Å². The highest BCUT2D eigenvalue weighted by Gasteiger charge is 2.54. The lowest BCUT2D eigenvalue weighted by Crippen LogP contribution is -2.73. The fourth-order valence-corrected chi connectivity index (χ4v) is 5.53. The minimum absolute atomic E-state index is 0.0418. The molecule has 1 aromatic heterocycles. The SMILES string of the molecule is O=C(C1CCCC1)N1CC(=O)N2[C@@H](CO)[C@H](c3ccc(-c4cccnc4)cc3)[C@@H]2C1. The molecule has 2 amide bonds. The Morgan fingerprint density at radius 3 is 2.53 bits per heavy atom. The lowest BCUT2D eigenvalue weighted by Gasteiger charge is -2.59. The van der Waals surface area contributed by atoms with Crippen molar-refractivity contribution in [1.82, 2.24) is 14.8 Å². The molecule has 2 aliphatic heterocycles. The Bertz CT molecular complexity index is 924. The molecule has 5 rings (SSSR count). The summed E-state index contributed by atoms with van der Waals surface area (Å²) in [5, 5.41) is 9.97. The molecular formula is C24H27N3O3. The topological polar surface area (TPSA) is 73.7 Å². The number of amides is 2. The summed E-state index contributed by atoms with van der Waals surface area (Å²) in [5.41, 5.74) is 3.24. The number of aliphatic hydroxyl groups is 1. The highest BCUT2D eigenvalue weighted by atomic mass is 16.3. The third-order valence-corrected chi connectivity index (χ3v) is 7.06. The molecule has 1 saturated carbocycles. The van der Waals surface area contributed by atoms with Crippen LogP contribution in [0, 0.1) is 5.92 Å². The Kier molecular flexibility index (Phi) is 5.03. The molecule has 3 atom stereocenters. The number of aliphatic hydroxyl groups excluding tert-OH is 1. The molecule has 1 N–H and O–H groups in total. The first-order chi connectivity index (χ1) is 14.7. The van der Waals surface area contributed by atoms with Gasteiger partial charge in [-0.3, -0.25) is 14.6 Å². The highest BCUT2D eigenvalue weighted by Crippen LogP contribution is 2.43. The average molecular weight is 405 g/mol. The molecular weight excluding hydrogens is 378 g/mol. The summed E-state index contributed by atoms with van der Waals surface area (Å²) in [4.78, 5) is 33.5. The Hall–Kier alpha value is -2.73. The van der Waals surface area contributed by atoms with Crippen molar-refractivity contribution in [3.63, 3.8) is 0 Å². The van der Waals surface area contributed by atoms with Gasteiger partial charge in [0.05, 0.1) is 25.2 Å². The van der Waals surface area contributed by atoms with Gasteiger partial charge in [0, 0.05) is 30.8 Å². The van der Waals surface area contributed by atoms with E-state index in [0.717, 1.165) is 42.4 Å². The van der Waals surface area contributed by atoms with E-state index in [9.17, 15) is 14.7 Å². The van der Waals surface area contributed by atoms with Crippen molar-refractivity contribution in [2.75, 3.05) is 19.7 Å². The average Bonchev–Trinajstić information content (AvgIpc) is 3.30. The molecule has 0 spiro atoms. The largest absolute Gasteiger partial charge is 0.394 e. The van der Waals surface area contributed by atoms with Crippen molar-refractivity contribution >= 4 is 11.8 Å². The molecule has 3 aliphatic rings. The minimum atomic E-state index is -0.213. The van der Waals surface area contributed by atoms with Crippen molar-refractivity contribution in [2.45, 2.75) is 43.7 Å². The number of benzene rings is 1. The van der Waals surface area contributed by atoms with Crippen molar-refractivity contribution in [3.05, 3.63) is 54.4 Å². The van der Waals surface area contributed by atoms with Crippen LogP contribution in [-0.4, -0.2) is 63.5 Å². The molecule has 0 radical (unpaired) electrons. The van der Waals surface area contributed by atoms with Gasteiger partial charge in [-0.2, -0.15) is 0 Å². The summed E-state index contributed by atoms with van der Waals surface area (Å²) in [7, 11) is 0. The smallest absolute Gasteiger partial charge is 0.242 e. The maximum absolute atomic E-state index is 12.9. The van der Waals surface area contributed by atoms with E-state index in [2.05, 4.69) is 29.2 Å². The van der Waals surface area contributed by atoms with Crippen LogP contribution in [0.4, 0.5) is 0 Å². The molecule has 0 unspecified atom stereocenters. The van der Waals surface area contributed by atoms with E-state index in [1.807, 2.05) is 18.3 Å². The van der Waals surface area contributed by atoms with Crippen LogP contribution in [0.15, 0.2) is 48.8 Å². The van der Waals surface area contributed by atoms with Crippen LogP contribution in [0.5, 0.6) is 0 Å². The van der Waals surface area contributed by atoms with E-state index >= 15 is 0 Å². The minimum Gasteiger partial charge on any atom is -0.394 e. The molecule has 3 fully saturated rings. The van der Waals surface area contributed by atoms with Crippen LogP contribution in [0.1, 0.15) is 37.2 Å². The Morgan fingerprint density at radius 2 is 1.87 bits per heavy atom. The third kappa shape index (κ3) is 3.19. The van der Waals surface area contributed by atoms with Crippen LogP contribution in [0.3, 0.4) is 0 Å². The van der Waals surface area contributed by atoms with Crippen molar-refractivity contribution < 1.29 is 14.7 Å². The Morgan fingerprint density at radius 1 is 1.10 bits per heavy atom. The second-order valence-electron chi connectivity index (χ2n) is 8.71. The number of pyridine rings is 1. The second kappa shape index (κ2) is 7.84. The summed E-state index contributed by atoms with van der Waals surface area (Å²) in [6, 6.07) is 12.0. The first kappa shape index (κ1) is 19.2. The Balaban J connectivity index is 1.37. The monoisotopic (exact) mass is 405 g/mol. The summed E-state index contributed by atoms with van der Waals surface area (Å²) in [6.07, 6.45) is 7.68. The molecule has 156 valence electrons. The lowest BCUT2D eigenvalue weighted by molar-refractivity contribution is -0.168. The molecule has 3 heterocycles. The van der Waals surface area contributed by atoms with Crippen molar-refractivity contribution in [3.8, 4) is 11.1 Å².